The molecule has 4 heteroatoms. The van der Waals surface area contributed by atoms with Gasteiger partial charge in [0.05, 0.1) is 17.8 Å². The first kappa shape index (κ1) is 13.2. The van der Waals surface area contributed by atoms with Crippen molar-refractivity contribution in [2.75, 3.05) is 7.05 Å². The van der Waals surface area contributed by atoms with Gasteiger partial charge >= 0.3 is 0 Å². The predicted molar refractivity (Wildman–Crippen MR) is 78.9 cm³/mol. The largest absolute Gasteiger partial charge is 0.490 e. The van der Waals surface area contributed by atoms with Gasteiger partial charge < -0.3 is 10.1 Å². The van der Waals surface area contributed by atoms with Crippen LogP contribution < -0.4 is 10.1 Å². The van der Waals surface area contributed by atoms with E-state index in [-0.39, 0.29) is 6.04 Å². The van der Waals surface area contributed by atoms with E-state index >= 15 is 0 Å². The number of nitrogens with zero attached hydrogens (tertiary/aromatic N) is 2. The number of ether oxygens (including phenoxy) is 1. The van der Waals surface area contributed by atoms with Crippen LogP contribution in [0.1, 0.15) is 35.7 Å². The van der Waals surface area contributed by atoms with Gasteiger partial charge in [-0.05, 0) is 44.5 Å². The molecule has 1 N–H and O–H groups in total. The van der Waals surface area contributed by atoms with Gasteiger partial charge in [-0.25, -0.2) is 0 Å². The minimum Gasteiger partial charge on any atom is -0.490 e. The molecule has 0 saturated heterocycles. The molecule has 1 fully saturated rings. The molecule has 0 amide bonds. The van der Waals surface area contributed by atoms with Crippen LogP contribution in [0.3, 0.4) is 0 Å². The highest BCUT2D eigenvalue weighted by Crippen LogP contribution is 2.30. The first-order valence-corrected chi connectivity index (χ1v) is 7.11. The lowest BCUT2D eigenvalue weighted by Crippen LogP contribution is -2.18. The Balaban J connectivity index is 1.90. The van der Waals surface area contributed by atoms with E-state index in [4.69, 9.17) is 4.74 Å². The quantitative estimate of drug-likeness (QED) is 0.908. The second-order valence-electron chi connectivity index (χ2n) is 5.45. The number of hydrogen-bond acceptors (Lipinski definition) is 3. The van der Waals surface area contributed by atoms with Gasteiger partial charge in [0, 0.05) is 18.8 Å². The number of hydrogen-bond donors (Lipinski definition) is 1. The van der Waals surface area contributed by atoms with Gasteiger partial charge in [-0.15, -0.1) is 0 Å². The highest BCUT2D eigenvalue weighted by molar-refractivity contribution is 5.37. The third-order valence-corrected chi connectivity index (χ3v) is 3.67. The first-order chi connectivity index (χ1) is 9.67. The zero-order valence-corrected chi connectivity index (χ0v) is 12.3. The number of aryl methyl sites for hydroxylation is 2. The Hall–Kier alpha value is -1.81. The van der Waals surface area contributed by atoms with E-state index in [9.17, 15) is 0 Å². The van der Waals surface area contributed by atoms with Crippen LogP contribution in [-0.2, 0) is 7.05 Å². The molecule has 1 atom stereocenters. The number of nitrogens with one attached hydrogen (secondary N) is 1. The van der Waals surface area contributed by atoms with Gasteiger partial charge in [0.1, 0.15) is 5.75 Å². The van der Waals surface area contributed by atoms with E-state index in [1.807, 2.05) is 31.8 Å². The van der Waals surface area contributed by atoms with Crippen LogP contribution in [0.15, 0.2) is 30.5 Å². The van der Waals surface area contributed by atoms with E-state index in [0.717, 1.165) is 11.4 Å². The third-order valence-electron chi connectivity index (χ3n) is 3.67. The summed E-state index contributed by atoms with van der Waals surface area (Å²) in [5, 5.41) is 7.81. The lowest BCUT2D eigenvalue weighted by atomic mass is 9.99. The van der Waals surface area contributed by atoms with Crippen molar-refractivity contribution in [3.8, 4) is 5.75 Å². The third kappa shape index (κ3) is 2.70. The maximum Gasteiger partial charge on any atom is 0.120 e. The minimum absolute atomic E-state index is 0.145. The van der Waals surface area contributed by atoms with Crippen molar-refractivity contribution in [2.45, 2.75) is 31.9 Å². The average Bonchev–Trinajstić information content (AvgIpc) is 3.16. The maximum atomic E-state index is 5.88. The Morgan fingerprint density at radius 3 is 2.80 bits per heavy atom. The van der Waals surface area contributed by atoms with E-state index in [2.05, 4.69) is 34.8 Å². The summed E-state index contributed by atoms with van der Waals surface area (Å²) in [6.45, 7) is 2.05. The highest BCUT2D eigenvalue weighted by atomic mass is 16.5. The van der Waals surface area contributed by atoms with Crippen LogP contribution in [0.5, 0.6) is 5.75 Å². The molecule has 20 heavy (non-hydrogen) atoms. The van der Waals surface area contributed by atoms with Crippen molar-refractivity contribution < 1.29 is 4.74 Å². The van der Waals surface area contributed by atoms with Crippen molar-refractivity contribution >= 4 is 0 Å². The Labute approximate surface area is 119 Å². The second-order valence-corrected chi connectivity index (χ2v) is 5.45. The molecule has 1 saturated carbocycles. The van der Waals surface area contributed by atoms with E-state index < -0.39 is 0 Å². The van der Waals surface area contributed by atoms with Crippen LogP contribution in [0.2, 0.25) is 0 Å². The smallest absolute Gasteiger partial charge is 0.120 e. The molecule has 0 radical (unpaired) electrons. The molecular weight excluding hydrogens is 250 g/mol. The lowest BCUT2D eigenvalue weighted by molar-refractivity contribution is 0.302. The molecule has 4 nitrogen and oxygen atoms in total. The summed E-state index contributed by atoms with van der Waals surface area (Å²) in [4.78, 5) is 0. The standard InChI is InChI=1S/C16H21N3O/c1-11-15(10-19(3)18-11)16(17-2)12-5-4-6-14(9-12)20-13-7-8-13/h4-6,9-10,13,16-17H,7-8H2,1-3H3. The van der Waals surface area contributed by atoms with Crippen LogP contribution >= 0.6 is 0 Å². The van der Waals surface area contributed by atoms with Gasteiger partial charge in [0.15, 0.2) is 0 Å². The van der Waals surface area contributed by atoms with Crippen molar-refractivity contribution in [2.24, 2.45) is 7.05 Å². The molecule has 1 unspecified atom stereocenters. The monoisotopic (exact) mass is 271 g/mol. The topological polar surface area (TPSA) is 39.1 Å². The van der Waals surface area contributed by atoms with E-state index in [1.54, 1.807) is 0 Å². The summed E-state index contributed by atoms with van der Waals surface area (Å²) >= 11 is 0. The normalized spacial score (nSPS) is 16.1. The van der Waals surface area contributed by atoms with Gasteiger partial charge in [-0.3, -0.25) is 4.68 Å². The number of rotatable bonds is 5. The molecule has 1 aliphatic rings. The summed E-state index contributed by atoms with van der Waals surface area (Å²) in [5.74, 6) is 0.965. The molecule has 1 aromatic heterocycles. The Morgan fingerprint density at radius 1 is 1.40 bits per heavy atom. The fourth-order valence-electron chi connectivity index (χ4n) is 2.55. The lowest BCUT2D eigenvalue weighted by Gasteiger charge is -2.17. The molecule has 0 bridgehead atoms. The van der Waals surface area contributed by atoms with Crippen molar-refractivity contribution in [3.05, 3.63) is 47.3 Å². The van der Waals surface area contributed by atoms with Gasteiger partial charge in [-0.1, -0.05) is 12.1 Å². The Bertz CT molecular complexity index is 602. The zero-order chi connectivity index (χ0) is 14.1. The fourth-order valence-corrected chi connectivity index (χ4v) is 2.55. The van der Waals surface area contributed by atoms with Crippen molar-refractivity contribution in [3.63, 3.8) is 0 Å². The van der Waals surface area contributed by atoms with Gasteiger partial charge in [0.25, 0.3) is 0 Å². The molecule has 3 rings (SSSR count). The zero-order valence-electron chi connectivity index (χ0n) is 12.3. The maximum absolute atomic E-state index is 5.88. The van der Waals surface area contributed by atoms with Crippen LogP contribution in [-0.4, -0.2) is 22.9 Å². The molecule has 0 aliphatic heterocycles. The first-order valence-electron chi connectivity index (χ1n) is 7.11. The molecule has 1 heterocycles. The van der Waals surface area contributed by atoms with Crippen LogP contribution in [0, 0.1) is 6.92 Å². The second kappa shape index (κ2) is 5.29. The fraction of sp³-hybridized carbons (Fsp3) is 0.438. The predicted octanol–water partition coefficient (Wildman–Crippen LogP) is 2.58. The summed E-state index contributed by atoms with van der Waals surface area (Å²) in [7, 11) is 3.93. The molecule has 1 aromatic carbocycles. The molecule has 0 spiro atoms. The SMILES string of the molecule is CNC(c1cccc(OC2CC2)c1)c1cn(C)nc1C. The van der Waals surface area contributed by atoms with Crippen molar-refractivity contribution in [1.82, 2.24) is 15.1 Å². The molecular formula is C16H21N3O. The summed E-state index contributed by atoms with van der Waals surface area (Å²) in [6, 6.07) is 8.50. The average molecular weight is 271 g/mol. The van der Waals surface area contributed by atoms with Crippen LogP contribution in [0.25, 0.3) is 0 Å². The Morgan fingerprint density at radius 2 is 2.20 bits per heavy atom. The minimum atomic E-state index is 0.145. The summed E-state index contributed by atoms with van der Waals surface area (Å²) in [6.07, 6.45) is 4.87. The van der Waals surface area contributed by atoms with E-state index in [1.165, 1.54) is 24.0 Å². The van der Waals surface area contributed by atoms with Gasteiger partial charge in [0.2, 0.25) is 0 Å². The summed E-state index contributed by atoms with van der Waals surface area (Å²) < 4.78 is 7.74. The Kier molecular flexibility index (Phi) is 3.49. The number of benzene rings is 1. The number of aromatic nitrogens is 2. The highest BCUT2D eigenvalue weighted by Gasteiger charge is 2.24. The van der Waals surface area contributed by atoms with Crippen LogP contribution in [0.4, 0.5) is 0 Å². The molecule has 2 aromatic rings. The van der Waals surface area contributed by atoms with Gasteiger partial charge in [-0.2, -0.15) is 5.10 Å². The van der Waals surface area contributed by atoms with E-state index in [0.29, 0.717) is 6.10 Å². The van der Waals surface area contributed by atoms with Crippen molar-refractivity contribution in [1.29, 1.82) is 0 Å². The summed E-state index contributed by atoms with van der Waals surface area (Å²) in [5.41, 5.74) is 3.47. The molecule has 106 valence electrons. The molecule has 1 aliphatic carbocycles.